The number of para-hydroxylation sites is 2. The highest BCUT2D eigenvalue weighted by atomic mass is 16.3. The van der Waals surface area contributed by atoms with Crippen molar-refractivity contribution < 1.29 is 8.83 Å². The van der Waals surface area contributed by atoms with Gasteiger partial charge in [0, 0.05) is 38.2 Å². The van der Waals surface area contributed by atoms with Crippen LogP contribution >= 0.6 is 0 Å². The standard InChI is InChI=1S/C51H31N3O2/c1-4-13-32(14-5-1)34-23-25-36(26-24-34)50-52-49(35-17-8-3-9-18-35)53-51(54-50)42-21-12-20-41-40-28-27-37(31-46(40)56-47(41)42)43-29-38(33-15-6-2-7-16-33)30-44-39-19-10-11-22-45(39)55-48(43)44/h1-31H. The molecule has 0 atom stereocenters. The van der Waals surface area contributed by atoms with Crippen molar-refractivity contribution in [2.45, 2.75) is 0 Å². The van der Waals surface area contributed by atoms with Gasteiger partial charge in [0.15, 0.2) is 17.5 Å². The van der Waals surface area contributed by atoms with Gasteiger partial charge in [0.05, 0.1) is 5.56 Å². The molecule has 11 rings (SSSR count). The van der Waals surface area contributed by atoms with Gasteiger partial charge in [-0.2, -0.15) is 0 Å². The van der Waals surface area contributed by atoms with Crippen molar-refractivity contribution in [3.05, 3.63) is 188 Å². The highest BCUT2D eigenvalue weighted by Crippen LogP contribution is 2.42. The van der Waals surface area contributed by atoms with Crippen LogP contribution in [0.3, 0.4) is 0 Å². The van der Waals surface area contributed by atoms with Crippen LogP contribution in [0.1, 0.15) is 0 Å². The number of furan rings is 2. The summed E-state index contributed by atoms with van der Waals surface area (Å²) in [6, 6.07) is 64.5. The van der Waals surface area contributed by atoms with Crippen LogP contribution in [0.5, 0.6) is 0 Å². The first-order valence-electron chi connectivity index (χ1n) is 18.7. The van der Waals surface area contributed by atoms with Crippen LogP contribution in [0.25, 0.3) is 111 Å². The molecule has 262 valence electrons. The van der Waals surface area contributed by atoms with Crippen LogP contribution in [0, 0.1) is 0 Å². The number of rotatable bonds is 6. The first kappa shape index (κ1) is 31.9. The van der Waals surface area contributed by atoms with E-state index in [0.717, 1.165) is 93.9 Å². The van der Waals surface area contributed by atoms with Gasteiger partial charge < -0.3 is 8.83 Å². The maximum Gasteiger partial charge on any atom is 0.167 e. The monoisotopic (exact) mass is 717 g/mol. The minimum absolute atomic E-state index is 0.547. The quantitative estimate of drug-likeness (QED) is 0.171. The van der Waals surface area contributed by atoms with Gasteiger partial charge in [0.25, 0.3) is 0 Å². The molecule has 8 aromatic carbocycles. The molecule has 3 aromatic heterocycles. The second-order valence-electron chi connectivity index (χ2n) is 14.0. The zero-order chi connectivity index (χ0) is 37.0. The smallest absolute Gasteiger partial charge is 0.167 e. The maximum atomic E-state index is 6.81. The molecule has 0 saturated heterocycles. The van der Waals surface area contributed by atoms with Gasteiger partial charge >= 0.3 is 0 Å². The summed E-state index contributed by atoms with van der Waals surface area (Å²) >= 11 is 0. The normalized spacial score (nSPS) is 11.6. The Labute approximate surface area is 322 Å². The lowest BCUT2D eigenvalue weighted by Crippen LogP contribution is -2.00. The lowest BCUT2D eigenvalue weighted by Gasteiger charge is -2.09. The summed E-state index contributed by atoms with van der Waals surface area (Å²) in [4.78, 5) is 15.1. The van der Waals surface area contributed by atoms with E-state index in [2.05, 4.69) is 121 Å². The van der Waals surface area contributed by atoms with E-state index < -0.39 is 0 Å². The molecule has 0 bridgehead atoms. The largest absolute Gasteiger partial charge is 0.455 e. The molecule has 0 N–H and O–H groups in total. The van der Waals surface area contributed by atoms with E-state index >= 15 is 0 Å². The second-order valence-corrected chi connectivity index (χ2v) is 14.0. The first-order chi connectivity index (χ1) is 27.7. The summed E-state index contributed by atoms with van der Waals surface area (Å²) in [5.41, 5.74) is 12.4. The highest BCUT2D eigenvalue weighted by Gasteiger charge is 2.20. The number of fused-ring (bicyclic) bond motifs is 6. The summed E-state index contributed by atoms with van der Waals surface area (Å²) in [5, 5.41) is 4.18. The van der Waals surface area contributed by atoms with E-state index in [0.29, 0.717) is 17.5 Å². The molecule has 0 saturated carbocycles. The first-order valence-corrected chi connectivity index (χ1v) is 18.7. The summed E-state index contributed by atoms with van der Waals surface area (Å²) in [7, 11) is 0. The molecule has 0 aliphatic rings. The van der Waals surface area contributed by atoms with E-state index in [4.69, 9.17) is 23.8 Å². The van der Waals surface area contributed by atoms with Crippen molar-refractivity contribution in [2.75, 3.05) is 0 Å². The summed E-state index contributed by atoms with van der Waals surface area (Å²) in [6.07, 6.45) is 0. The average Bonchev–Trinajstić information content (AvgIpc) is 3.85. The average molecular weight is 718 g/mol. The Balaban J connectivity index is 1.07. The molecule has 0 unspecified atom stereocenters. The van der Waals surface area contributed by atoms with E-state index in [1.807, 2.05) is 66.7 Å². The predicted molar refractivity (Wildman–Crippen MR) is 227 cm³/mol. The molecule has 0 fully saturated rings. The van der Waals surface area contributed by atoms with Gasteiger partial charge in [-0.15, -0.1) is 0 Å². The SMILES string of the molecule is c1ccc(-c2ccc(-c3nc(-c4ccccc4)nc(-c4cccc5c4oc4cc(-c6cc(-c7ccccc7)cc7c6oc6ccccc67)ccc45)n3)cc2)cc1. The Morgan fingerprint density at radius 2 is 0.768 bits per heavy atom. The van der Waals surface area contributed by atoms with Crippen molar-refractivity contribution in [2.24, 2.45) is 0 Å². The minimum atomic E-state index is 0.547. The number of hydrogen-bond acceptors (Lipinski definition) is 5. The van der Waals surface area contributed by atoms with E-state index in [-0.39, 0.29) is 0 Å². The molecular formula is C51H31N3O2. The Hall–Kier alpha value is -7.63. The Morgan fingerprint density at radius 3 is 1.50 bits per heavy atom. The maximum absolute atomic E-state index is 6.81. The van der Waals surface area contributed by atoms with Crippen molar-refractivity contribution in [1.82, 2.24) is 15.0 Å². The summed E-state index contributed by atoms with van der Waals surface area (Å²) in [6.45, 7) is 0. The summed E-state index contributed by atoms with van der Waals surface area (Å²) < 4.78 is 13.4. The molecule has 0 aliphatic carbocycles. The molecule has 0 spiro atoms. The molecule has 0 amide bonds. The topological polar surface area (TPSA) is 65.0 Å². The fourth-order valence-electron chi connectivity index (χ4n) is 7.76. The third kappa shape index (κ3) is 5.45. The van der Waals surface area contributed by atoms with Crippen LogP contribution in [-0.4, -0.2) is 15.0 Å². The van der Waals surface area contributed by atoms with E-state index in [1.165, 1.54) is 0 Å². The highest BCUT2D eigenvalue weighted by molar-refractivity contribution is 6.13. The van der Waals surface area contributed by atoms with Crippen LogP contribution in [0.15, 0.2) is 197 Å². The zero-order valence-electron chi connectivity index (χ0n) is 30.1. The lowest BCUT2D eigenvalue weighted by molar-refractivity contribution is 0.668. The van der Waals surface area contributed by atoms with Crippen LogP contribution in [-0.2, 0) is 0 Å². The molecule has 56 heavy (non-hydrogen) atoms. The van der Waals surface area contributed by atoms with Gasteiger partial charge in [-0.05, 0) is 64.2 Å². The summed E-state index contributed by atoms with van der Waals surface area (Å²) in [5.74, 6) is 1.74. The molecule has 3 heterocycles. The second kappa shape index (κ2) is 13.0. The molecule has 11 aromatic rings. The van der Waals surface area contributed by atoms with Gasteiger partial charge in [-0.1, -0.05) is 152 Å². The van der Waals surface area contributed by atoms with Gasteiger partial charge in [0.2, 0.25) is 0 Å². The number of nitrogens with zero attached hydrogens (tertiary/aromatic N) is 3. The van der Waals surface area contributed by atoms with E-state index in [1.54, 1.807) is 0 Å². The van der Waals surface area contributed by atoms with Crippen molar-refractivity contribution in [1.29, 1.82) is 0 Å². The molecule has 0 aliphatic heterocycles. The Kier molecular flexibility index (Phi) is 7.42. The molecular weight excluding hydrogens is 687 g/mol. The van der Waals surface area contributed by atoms with Crippen molar-refractivity contribution >= 4 is 43.9 Å². The Morgan fingerprint density at radius 1 is 0.268 bits per heavy atom. The van der Waals surface area contributed by atoms with E-state index in [9.17, 15) is 0 Å². The Bertz CT molecular complexity index is 3220. The minimum Gasteiger partial charge on any atom is -0.455 e. The molecule has 5 heteroatoms. The lowest BCUT2D eigenvalue weighted by atomic mass is 9.95. The molecule has 5 nitrogen and oxygen atoms in total. The third-order valence-electron chi connectivity index (χ3n) is 10.6. The fourth-order valence-corrected chi connectivity index (χ4v) is 7.76. The van der Waals surface area contributed by atoms with Crippen LogP contribution in [0.2, 0.25) is 0 Å². The van der Waals surface area contributed by atoms with Crippen molar-refractivity contribution in [3.8, 4) is 67.5 Å². The van der Waals surface area contributed by atoms with Gasteiger partial charge in [0.1, 0.15) is 22.3 Å². The van der Waals surface area contributed by atoms with Crippen molar-refractivity contribution in [3.63, 3.8) is 0 Å². The number of benzene rings is 8. The third-order valence-corrected chi connectivity index (χ3v) is 10.6. The van der Waals surface area contributed by atoms with Crippen LogP contribution < -0.4 is 0 Å². The number of hydrogen-bond donors (Lipinski definition) is 0. The fraction of sp³-hybridized carbons (Fsp3) is 0. The molecule has 0 radical (unpaired) electrons. The van der Waals surface area contributed by atoms with Gasteiger partial charge in [-0.25, -0.2) is 15.0 Å². The van der Waals surface area contributed by atoms with Crippen LogP contribution in [0.4, 0.5) is 0 Å². The van der Waals surface area contributed by atoms with Gasteiger partial charge in [-0.3, -0.25) is 0 Å². The predicted octanol–water partition coefficient (Wildman–Crippen LogP) is 13.7. The zero-order valence-corrected chi connectivity index (χ0v) is 30.1. The number of aromatic nitrogens is 3.